The molecule has 0 aromatic heterocycles. The minimum atomic E-state index is -0.331. The van der Waals surface area contributed by atoms with Crippen LogP contribution in [-0.2, 0) is 0 Å². The topological polar surface area (TPSA) is 0 Å². The molecule has 1 fully saturated rings. The van der Waals surface area contributed by atoms with Gasteiger partial charge in [0.2, 0.25) is 0 Å². The van der Waals surface area contributed by atoms with Crippen molar-refractivity contribution in [3.05, 3.63) is 0 Å². The highest BCUT2D eigenvalue weighted by Gasteiger charge is 2.50. The van der Waals surface area contributed by atoms with Gasteiger partial charge in [-0.1, -0.05) is 0 Å². The average Bonchev–Trinajstić information content (AvgIpc) is 2.80. The highest BCUT2D eigenvalue weighted by molar-refractivity contribution is 8.34. The van der Waals surface area contributed by atoms with Crippen LogP contribution in [-0.4, -0.2) is 46.7 Å². The van der Waals surface area contributed by atoms with Gasteiger partial charge in [-0.2, -0.15) is 0 Å². The van der Waals surface area contributed by atoms with E-state index in [9.17, 15) is 0 Å². The minimum absolute atomic E-state index is 0.327. The van der Waals surface area contributed by atoms with Crippen LogP contribution in [0.5, 0.6) is 0 Å². The van der Waals surface area contributed by atoms with E-state index in [2.05, 4.69) is 34.1 Å². The van der Waals surface area contributed by atoms with E-state index in [1.165, 1.54) is 21.9 Å². The minimum Gasteiger partial charge on any atom is -0.285 e. The lowest BCUT2D eigenvalue weighted by Crippen LogP contribution is -2.48. The summed E-state index contributed by atoms with van der Waals surface area (Å²) in [5.41, 5.74) is 0. The maximum atomic E-state index is 6.06. The molecule has 86 valence electrons. The highest BCUT2D eigenvalue weighted by Crippen LogP contribution is 2.66. The molecule has 0 radical (unpaired) electrons. The molecule has 0 spiro atoms. The summed E-state index contributed by atoms with van der Waals surface area (Å²) in [4.78, 5) is 0. The molecule has 3 heteroatoms. The normalized spacial score (nSPS) is 28.2. The van der Waals surface area contributed by atoms with Crippen LogP contribution in [0.15, 0.2) is 0 Å². The number of hydrogen-bond acceptors (Lipinski definition) is 0. The second-order valence-electron chi connectivity index (χ2n) is 5.19. The third kappa shape index (κ3) is 2.40. The Morgan fingerprint density at radius 1 is 1.29 bits per heavy atom. The number of quaternary nitrogens is 1. The van der Waals surface area contributed by atoms with Crippen molar-refractivity contribution >= 4 is 21.8 Å². The van der Waals surface area contributed by atoms with Gasteiger partial charge in [0.25, 0.3) is 0 Å². The molecular formula is C11H25ClNS+. The first-order valence-electron chi connectivity index (χ1n) is 5.55. The van der Waals surface area contributed by atoms with Gasteiger partial charge >= 0.3 is 0 Å². The Hall–Kier alpha value is 0.600. The zero-order chi connectivity index (χ0) is 11.0. The summed E-state index contributed by atoms with van der Waals surface area (Å²) in [6, 6.07) is 0.743. The van der Waals surface area contributed by atoms with Gasteiger partial charge in [0.15, 0.2) is 0 Å². The Kier molecular flexibility index (Phi) is 3.83. The Balaban J connectivity index is 2.63. The smallest absolute Gasteiger partial charge is 0.0922 e. The van der Waals surface area contributed by atoms with Crippen molar-refractivity contribution in [2.45, 2.75) is 38.6 Å². The van der Waals surface area contributed by atoms with Gasteiger partial charge < -0.3 is 0 Å². The zero-order valence-electron chi connectivity index (χ0n) is 10.2. The monoisotopic (exact) mass is 238 g/mol. The molecule has 0 bridgehead atoms. The van der Waals surface area contributed by atoms with Crippen molar-refractivity contribution in [3.8, 4) is 0 Å². The van der Waals surface area contributed by atoms with E-state index in [0.29, 0.717) is 5.38 Å². The standard InChI is InChI=1S/C11H25ClNS/c1-10(2)13(4,7-6-11(3)12)14(5)8-9-14/h10-11H,6-9H2,1-5H3/q+1. The van der Waals surface area contributed by atoms with Gasteiger partial charge in [0.05, 0.1) is 19.6 Å². The Morgan fingerprint density at radius 2 is 1.79 bits per heavy atom. The van der Waals surface area contributed by atoms with E-state index in [0.717, 1.165) is 12.5 Å². The third-order valence-corrected chi connectivity index (χ3v) is 8.29. The largest absolute Gasteiger partial charge is 0.285 e. The van der Waals surface area contributed by atoms with Crippen molar-refractivity contribution < 1.29 is 3.89 Å². The van der Waals surface area contributed by atoms with Gasteiger partial charge in [-0.05, 0) is 20.8 Å². The van der Waals surface area contributed by atoms with Gasteiger partial charge in [-0.25, -0.2) is 0 Å². The molecular weight excluding hydrogens is 214 g/mol. The molecule has 1 saturated heterocycles. The van der Waals surface area contributed by atoms with Crippen LogP contribution in [0.25, 0.3) is 0 Å². The second-order valence-corrected chi connectivity index (χ2v) is 10.0. The number of rotatable bonds is 5. The van der Waals surface area contributed by atoms with Gasteiger partial charge in [-0.3, -0.25) is 3.89 Å². The maximum Gasteiger partial charge on any atom is 0.0922 e. The lowest BCUT2D eigenvalue weighted by Gasteiger charge is -2.47. The average molecular weight is 239 g/mol. The second kappa shape index (κ2) is 4.23. The fraction of sp³-hybridized carbons (Fsp3) is 1.00. The van der Waals surface area contributed by atoms with E-state index in [4.69, 9.17) is 11.6 Å². The summed E-state index contributed by atoms with van der Waals surface area (Å²) < 4.78 is 1.28. The first-order chi connectivity index (χ1) is 6.32. The van der Waals surface area contributed by atoms with Crippen molar-refractivity contribution in [3.63, 3.8) is 0 Å². The van der Waals surface area contributed by atoms with E-state index >= 15 is 0 Å². The van der Waals surface area contributed by atoms with Crippen molar-refractivity contribution in [2.75, 3.05) is 31.4 Å². The first-order valence-corrected chi connectivity index (χ1v) is 8.32. The molecule has 0 N–H and O–H groups in total. The number of nitrogens with zero attached hydrogens (tertiary/aromatic N) is 1. The molecule has 1 nitrogen and oxygen atoms in total. The number of halogens is 1. The molecule has 2 unspecified atom stereocenters. The molecule has 0 aliphatic carbocycles. The fourth-order valence-electron chi connectivity index (χ4n) is 1.96. The van der Waals surface area contributed by atoms with Crippen LogP contribution >= 0.6 is 21.8 Å². The predicted molar refractivity (Wildman–Crippen MR) is 69.4 cm³/mol. The number of hydrogen-bond donors (Lipinski definition) is 0. The first kappa shape index (κ1) is 12.7. The molecule has 0 amide bonds. The fourth-order valence-corrected chi connectivity index (χ4v) is 5.42. The molecule has 1 rings (SSSR count). The molecule has 2 atom stereocenters. The van der Waals surface area contributed by atoms with Crippen LogP contribution in [0.2, 0.25) is 0 Å². The molecule has 1 aliphatic heterocycles. The summed E-state index contributed by atoms with van der Waals surface area (Å²) in [5, 5.41) is 0.327. The summed E-state index contributed by atoms with van der Waals surface area (Å²) >= 11 is 6.06. The van der Waals surface area contributed by atoms with Crippen LogP contribution in [0.1, 0.15) is 27.2 Å². The lowest BCUT2D eigenvalue weighted by molar-refractivity contribution is -0.802. The predicted octanol–water partition coefficient (Wildman–Crippen LogP) is 3.22. The summed E-state index contributed by atoms with van der Waals surface area (Å²) in [6.45, 7) is 8.08. The summed E-state index contributed by atoms with van der Waals surface area (Å²) in [6.07, 6.45) is 3.66. The Labute approximate surface area is 95.9 Å². The van der Waals surface area contributed by atoms with E-state index in [1.54, 1.807) is 0 Å². The van der Waals surface area contributed by atoms with Crippen LogP contribution in [0.4, 0.5) is 0 Å². The van der Waals surface area contributed by atoms with Crippen molar-refractivity contribution in [1.82, 2.24) is 0 Å². The van der Waals surface area contributed by atoms with E-state index in [-0.39, 0.29) is 10.2 Å². The molecule has 1 heterocycles. The molecule has 0 aromatic rings. The quantitative estimate of drug-likeness (QED) is 0.392. The summed E-state index contributed by atoms with van der Waals surface area (Å²) in [7, 11) is 2.11. The van der Waals surface area contributed by atoms with Crippen LogP contribution in [0, 0.1) is 0 Å². The van der Waals surface area contributed by atoms with Gasteiger partial charge in [0.1, 0.15) is 0 Å². The van der Waals surface area contributed by atoms with Crippen molar-refractivity contribution in [2.24, 2.45) is 0 Å². The molecule has 0 saturated carbocycles. The van der Waals surface area contributed by atoms with Crippen molar-refractivity contribution in [1.29, 1.82) is 0 Å². The molecule has 14 heavy (non-hydrogen) atoms. The lowest BCUT2D eigenvalue weighted by atomic mass is 10.2. The summed E-state index contributed by atoms with van der Waals surface area (Å²) in [5.74, 6) is 2.94. The van der Waals surface area contributed by atoms with E-state index in [1.807, 2.05) is 0 Å². The van der Waals surface area contributed by atoms with E-state index < -0.39 is 0 Å². The Morgan fingerprint density at radius 3 is 2.07 bits per heavy atom. The highest BCUT2D eigenvalue weighted by atomic mass is 35.5. The van der Waals surface area contributed by atoms with Gasteiger partial charge in [0, 0.05) is 29.6 Å². The van der Waals surface area contributed by atoms with Crippen LogP contribution in [0.3, 0.4) is 0 Å². The maximum absolute atomic E-state index is 6.06. The van der Waals surface area contributed by atoms with Gasteiger partial charge in [-0.15, -0.1) is 21.8 Å². The number of alkyl halides is 1. The Bertz CT molecular complexity index is 201. The van der Waals surface area contributed by atoms with Crippen LogP contribution < -0.4 is 0 Å². The third-order valence-electron chi connectivity index (χ3n) is 3.87. The molecule has 0 aromatic carbocycles. The molecule has 1 aliphatic rings. The SMILES string of the molecule is CC(Cl)CC[N+](C)(C(C)C)S1(C)CC1. The zero-order valence-corrected chi connectivity index (χ0v) is 11.8.